The van der Waals surface area contributed by atoms with Crippen molar-refractivity contribution in [3.8, 4) is 28.2 Å². The van der Waals surface area contributed by atoms with Gasteiger partial charge in [-0.05, 0) is 138 Å². The molecule has 0 atom stereocenters. The number of aromatic nitrogens is 3. The lowest BCUT2D eigenvalue weighted by molar-refractivity contribution is 0.426. The molecule has 0 amide bonds. The van der Waals surface area contributed by atoms with Crippen molar-refractivity contribution in [3.05, 3.63) is 288 Å². The van der Waals surface area contributed by atoms with Gasteiger partial charge in [0.25, 0.3) is 0 Å². The van der Waals surface area contributed by atoms with Gasteiger partial charge in [0.05, 0.1) is 33.1 Å². The number of hydrogen-bond donors (Lipinski definition) is 2. The van der Waals surface area contributed by atoms with Crippen molar-refractivity contribution in [3.63, 3.8) is 0 Å². The molecule has 19 rings (SSSR count). The molecule has 19 aromatic rings. The fourth-order valence-corrected chi connectivity index (χ4v) is 17.8. The third-order valence-corrected chi connectivity index (χ3v) is 22.0. The summed E-state index contributed by atoms with van der Waals surface area (Å²) in [4.78, 5) is 0. The molecule has 0 saturated carbocycles. The van der Waals surface area contributed by atoms with Crippen molar-refractivity contribution in [1.29, 1.82) is 0 Å². The van der Waals surface area contributed by atoms with E-state index in [0.29, 0.717) is 5.46 Å². The summed E-state index contributed by atoms with van der Waals surface area (Å²) in [5.74, 6) is 0. The van der Waals surface area contributed by atoms with E-state index in [1.807, 2.05) is 53.0 Å². The average Bonchev–Trinajstić information content (AvgIpc) is 1.58. The number of halogens is 3. The van der Waals surface area contributed by atoms with Crippen LogP contribution in [0.5, 0.6) is 0 Å². The number of benzene rings is 13. The molecule has 90 heavy (non-hydrogen) atoms. The van der Waals surface area contributed by atoms with Crippen LogP contribution in [0.15, 0.2) is 288 Å². The van der Waals surface area contributed by atoms with Crippen LogP contribution in [0.1, 0.15) is 2.85 Å². The second-order valence-corrected chi connectivity index (χ2v) is 27.4. The summed E-state index contributed by atoms with van der Waals surface area (Å²) in [5, 5.41) is 34.8. The van der Waals surface area contributed by atoms with Gasteiger partial charge in [0, 0.05) is 122 Å². The van der Waals surface area contributed by atoms with Gasteiger partial charge in [-0.1, -0.05) is 190 Å². The summed E-state index contributed by atoms with van der Waals surface area (Å²) in [7, 11) is -1.49. The number of nitrogens with zero attached hydrogens (tertiary/aromatic N) is 3. The van der Waals surface area contributed by atoms with Gasteiger partial charge in [0.1, 0.15) is 0 Å². The third kappa shape index (κ3) is 9.41. The second-order valence-electron chi connectivity index (χ2n) is 22.4. The molecule has 0 aliphatic heterocycles. The lowest BCUT2D eigenvalue weighted by atomic mass is 9.80. The summed E-state index contributed by atoms with van der Waals surface area (Å²) < 4.78 is 17.1. The second kappa shape index (κ2) is 23.1. The Morgan fingerprint density at radius 1 is 0.300 bits per heavy atom. The van der Waals surface area contributed by atoms with E-state index >= 15 is 0 Å². The molecule has 12 heteroatoms. The maximum Gasteiger partial charge on any atom is 0.488 e. The molecular weight excluding hydrogens is 1400 g/mol. The highest BCUT2D eigenvalue weighted by atomic mass is 127. The Morgan fingerprint density at radius 2 is 0.633 bits per heavy atom. The number of rotatable bonds is 5. The minimum absolute atomic E-state index is 0. The van der Waals surface area contributed by atoms with Gasteiger partial charge in [0.2, 0.25) is 0 Å². The zero-order valence-electron chi connectivity index (χ0n) is 47.8. The summed E-state index contributed by atoms with van der Waals surface area (Å²) in [6.45, 7) is 0. The summed E-state index contributed by atoms with van der Waals surface area (Å²) in [6, 6.07) is 98.8. The highest BCUT2D eigenvalue weighted by Gasteiger charge is 2.23. The SMILES string of the molecule is Brc1ccc(-c2ccc3c(c2)c2c4sc5ccccc5c4ccc2n3-c2ccccc2)cc1.Brc1ccc2c(c1)c1c3sc4ccccc4c3ccc1n2-c1ccccc1.I.OB(O)c1ccc2c(c1)c1c3sc4ccccc4c3ccc1n2-c1ccccc1.[2HH].[HH]. The quantitative estimate of drug-likeness (QED) is 0.133. The molecule has 0 spiro atoms. The molecule has 0 fully saturated rings. The molecule has 2 N–H and O–H groups in total. The molecule has 0 aliphatic rings. The predicted molar refractivity (Wildman–Crippen MR) is 411 cm³/mol. The van der Waals surface area contributed by atoms with Crippen LogP contribution < -0.4 is 5.46 Å². The van der Waals surface area contributed by atoms with Gasteiger partial charge < -0.3 is 23.7 Å². The molecule has 0 saturated heterocycles. The average molecular weight is 1460 g/mol. The molecule has 434 valence electrons. The Balaban J connectivity index is 0.000000119. The fourth-order valence-electron chi connectivity index (χ4n) is 13.4. The van der Waals surface area contributed by atoms with E-state index < -0.39 is 7.12 Å². The molecule has 0 unspecified atom stereocenters. The van der Waals surface area contributed by atoms with Gasteiger partial charge in [-0.3, -0.25) is 0 Å². The Morgan fingerprint density at radius 3 is 1.06 bits per heavy atom. The van der Waals surface area contributed by atoms with Crippen molar-refractivity contribution >= 4 is 228 Å². The highest BCUT2D eigenvalue weighted by Crippen LogP contribution is 2.47. The predicted octanol–water partition coefficient (Wildman–Crippen LogP) is 23.4. The fraction of sp³-hybridized carbons (Fsp3) is 0. The van der Waals surface area contributed by atoms with E-state index in [-0.39, 0.29) is 26.8 Å². The van der Waals surface area contributed by atoms with Crippen LogP contribution in [0.3, 0.4) is 0 Å². The number of para-hydroxylation sites is 3. The van der Waals surface area contributed by atoms with Gasteiger partial charge >= 0.3 is 7.12 Å². The molecule has 0 bridgehead atoms. The van der Waals surface area contributed by atoms with Crippen LogP contribution in [0.2, 0.25) is 0 Å². The molecule has 6 aromatic heterocycles. The van der Waals surface area contributed by atoms with Crippen molar-refractivity contribution in [1.82, 2.24) is 13.7 Å². The van der Waals surface area contributed by atoms with Gasteiger partial charge in [-0.25, -0.2) is 0 Å². The van der Waals surface area contributed by atoms with Crippen LogP contribution in [-0.2, 0) is 0 Å². The first-order valence-electron chi connectivity index (χ1n) is 29.4. The number of fused-ring (bicyclic) bond motifs is 21. The first-order chi connectivity index (χ1) is 43.8. The first kappa shape index (κ1) is 56.8. The zero-order chi connectivity index (χ0) is 59.4. The Bertz CT molecular complexity index is 6010. The van der Waals surface area contributed by atoms with E-state index in [0.717, 1.165) is 36.4 Å². The largest absolute Gasteiger partial charge is 0.488 e. The van der Waals surface area contributed by atoms with Crippen LogP contribution >= 0.6 is 89.8 Å². The molecule has 0 aliphatic carbocycles. The topological polar surface area (TPSA) is 55.2 Å². The minimum atomic E-state index is -1.49. The maximum atomic E-state index is 9.76. The summed E-state index contributed by atoms with van der Waals surface area (Å²) >= 11 is 12.8. The van der Waals surface area contributed by atoms with Gasteiger partial charge in [0.15, 0.2) is 0 Å². The normalized spacial score (nSPS) is 11.7. The van der Waals surface area contributed by atoms with Crippen LogP contribution in [0.4, 0.5) is 0 Å². The standard InChI is InChI=1S/C30H18BrNS.C24H16BNO2S.C24H14BrNS.HI.2H2/c31-21-13-10-19(11-14-21)20-12-16-26-25(18-20)29-27(32(26)22-6-2-1-3-7-22)17-15-24-23-8-4-5-9-28(23)33-30(24)29;27-25(28)15-10-12-20-19(14-15)23-21(26(20)16-6-2-1-3-7-16)13-11-18-17-8-4-5-9-22(17)29-24(18)23;25-15-10-12-20-19(14-15)23-21(26(20)16-6-2-1-3-7-16)13-11-18-17-8-4-5-9-22(17)27-24(18)23;;;/h1-18H;1-14,27-28H;1-14H;3*1H/i;;;;1+1;. The minimum Gasteiger partial charge on any atom is -0.423 e. The summed E-state index contributed by atoms with van der Waals surface area (Å²) in [5.41, 5.74) is 13.6. The Labute approximate surface area is 565 Å². The first-order valence-corrected chi connectivity index (χ1v) is 33.4. The zero-order valence-corrected chi connectivity index (χ0v) is 55.7. The lowest BCUT2D eigenvalue weighted by Gasteiger charge is -2.08. The molecular formula is C78H53BBr2IN3O2S3. The van der Waals surface area contributed by atoms with E-state index in [9.17, 15) is 10.0 Å². The summed E-state index contributed by atoms with van der Waals surface area (Å²) in [6.07, 6.45) is 0. The third-order valence-electron chi connectivity index (χ3n) is 17.3. The molecule has 5 nitrogen and oxygen atoms in total. The smallest absolute Gasteiger partial charge is 0.423 e. The molecule has 13 aromatic carbocycles. The Kier molecular flexibility index (Phi) is 14.6. The lowest BCUT2D eigenvalue weighted by Crippen LogP contribution is -2.29. The van der Waals surface area contributed by atoms with Crippen molar-refractivity contribution in [2.24, 2.45) is 0 Å². The van der Waals surface area contributed by atoms with Crippen molar-refractivity contribution in [2.45, 2.75) is 0 Å². The number of thiophene rings is 3. The highest BCUT2D eigenvalue weighted by molar-refractivity contribution is 14.0. The van der Waals surface area contributed by atoms with E-state index in [1.54, 1.807) is 17.4 Å². The van der Waals surface area contributed by atoms with E-state index in [2.05, 4.69) is 288 Å². The monoisotopic (exact) mass is 1460 g/mol. The van der Waals surface area contributed by atoms with E-state index in [1.165, 1.54) is 127 Å². The van der Waals surface area contributed by atoms with Crippen LogP contribution in [0.25, 0.3) is 154 Å². The van der Waals surface area contributed by atoms with Crippen LogP contribution in [-0.4, -0.2) is 30.9 Å². The molecule has 0 radical (unpaired) electrons. The van der Waals surface area contributed by atoms with Gasteiger partial charge in [-0.15, -0.1) is 58.0 Å². The maximum absolute atomic E-state index is 9.76. The van der Waals surface area contributed by atoms with E-state index in [4.69, 9.17) is 0 Å². The molecule has 6 heterocycles. The van der Waals surface area contributed by atoms with Crippen molar-refractivity contribution in [2.75, 3.05) is 0 Å². The van der Waals surface area contributed by atoms with Crippen molar-refractivity contribution < 1.29 is 12.9 Å². The number of hydrogen-bond acceptors (Lipinski definition) is 5. The Hall–Kier alpha value is -8.41. The van der Waals surface area contributed by atoms with Gasteiger partial charge in [-0.2, -0.15) is 0 Å². The van der Waals surface area contributed by atoms with Crippen LogP contribution in [0, 0.1) is 0 Å².